The second kappa shape index (κ2) is 6.89. The zero-order chi connectivity index (χ0) is 17.0. The molecular formula is C16H17FN2O3S. The molecule has 0 aromatic heterocycles. The molecule has 0 atom stereocenters. The first-order valence-corrected chi connectivity index (χ1v) is 8.48. The molecule has 2 rings (SSSR count). The van der Waals surface area contributed by atoms with Gasteiger partial charge in [0.15, 0.2) is 0 Å². The Morgan fingerprint density at radius 2 is 1.83 bits per heavy atom. The van der Waals surface area contributed by atoms with Crippen LogP contribution >= 0.6 is 0 Å². The minimum absolute atomic E-state index is 0.0196. The lowest BCUT2D eigenvalue weighted by Gasteiger charge is -2.09. The lowest BCUT2D eigenvalue weighted by molar-refractivity contribution is -0.116. The van der Waals surface area contributed by atoms with Crippen LogP contribution in [0.2, 0.25) is 0 Å². The highest BCUT2D eigenvalue weighted by atomic mass is 32.2. The molecule has 5 nitrogen and oxygen atoms in total. The number of hydrogen-bond acceptors (Lipinski definition) is 3. The number of anilines is 1. The number of halogens is 1. The molecule has 0 saturated carbocycles. The molecule has 7 heteroatoms. The molecule has 122 valence electrons. The Hall–Kier alpha value is -2.25. The first-order chi connectivity index (χ1) is 10.8. The topological polar surface area (TPSA) is 89.3 Å². The molecule has 0 aliphatic heterocycles. The van der Waals surface area contributed by atoms with Gasteiger partial charge in [0, 0.05) is 12.1 Å². The van der Waals surface area contributed by atoms with E-state index in [1.807, 2.05) is 0 Å². The second-order valence-corrected chi connectivity index (χ2v) is 6.73. The standard InChI is InChI=1S/C16H17FN2O3S/c1-11-2-8-14(10-15(11)23(18,21)22)19-16(20)9-5-12-3-6-13(17)7-4-12/h2-4,6-8,10H,5,9H2,1H3,(H,19,20)(H2,18,21,22). The minimum Gasteiger partial charge on any atom is -0.326 e. The van der Waals surface area contributed by atoms with E-state index in [0.717, 1.165) is 5.56 Å². The second-order valence-electron chi connectivity index (χ2n) is 5.20. The van der Waals surface area contributed by atoms with Gasteiger partial charge in [0.1, 0.15) is 5.82 Å². The molecule has 0 saturated heterocycles. The first kappa shape index (κ1) is 17.1. The van der Waals surface area contributed by atoms with Gasteiger partial charge < -0.3 is 5.32 Å². The van der Waals surface area contributed by atoms with Gasteiger partial charge in [0.25, 0.3) is 0 Å². The highest BCUT2D eigenvalue weighted by Crippen LogP contribution is 2.19. The van der Waals surface area contributed by atoms with Gasteiger partial charge in [-0.2, -0.15) is 0 Å². The number of hydrogen-bond donors (Lipinski definition) is 2. The van der Waals surface area contributed by atoms with Gasteiger partial charge in [-0.3, -0.25) is 4.79 Å². The number of nitrogens with two attached hydrogens (primary N) is 1. The molecule has 0 aliphatic rings. The van der Waals surface area contributed by atoms with E-state index in [0.29, 0.717) is 17.7 Å². The van der Waals surface area contributed by atoms with Gasteiger partial charge in [-0.05, 0) is 48.7 Å². The molecule has 2 aromatic carbocycles. The zero-order valence-corrected chi connectivity index (χ0v) is 13.4. The summed E-state index contributed by atoms with van der Waals surface area (Å²) in [6, 6.07) is 10.4. The Labute approximate surface area is 134 Å². The van der Waals surface area contributed by atoms with Crippen LogP contribution < -0.4 is 10.5 Å². The van der Waals surface area contributed by atoms with Gasteiger partial charge in [0.05, 0.1) is 4.90 Å². The van der Waals surface area contributed by atoms with Gasteiger partial charge in [-0.15, -0.1) is 0 Å². The summed E-state index contributed by atoms with van der Waals surface area (Å²) < 4.78 is 35.7. The molecule has 0 unspecified atom stereocenters. The van der Waals surface area contributed by atoms with Crippen LogP contribution in [-0.4, -0.2) is 14.3 Å². The number of carbonyl (C=O) groups excluding carboxylic acids is 1. The van der Waals surface area contributed by atoms with Crippen molar-refractivity contribution in [2.24, 2.45) is 5.14 Å². The third-order valence-corrected chi connectivity index (χ3v) is 4.39. The van der Waals surface area contributed by atoms with Crippen molar-refractivity contribution in [2.75, 3.05) is 5.32 Å². The third kappa shape index (κ3) is 4.87. The number of carbonyl (C=O) groups is 1. The van der Waals surface area contributed by atoms with Crippen LogP contribution in [0.1, 0.15) is 17.5 Å². The summed E-state index contributed by atoms with van der Waals surface area (Å²) >= 11 is 0. The maximum atomic E-state index is 12.8. The van der Waals surface area contributed by atoms with Crippen molar-refractivity contribution in [3.8, 4) is 0 Å². The predicted octanol–water partition coefficient (Wildman–Crippen LogP) is 2.35. The van der Waals surface area contributed by atoms with Crippen molar-refractivity contribution >= 4 is 21.6 Å². The maximum absolute atomic E-state index is 12.8. The van der Waals surface area contributed by atoms with Crippen molar-refractivity contribution in [3.63, 3.8) is 0 Å². The maximum Gasteiger partial charge on any atom is 0.238 e. The Kier molecular flexibility index (Phi) is 5.12. The molecule has 0 radical (unpaired) electrons. The highest BCUT2D eigenvalue weighted by molar-refractivity contribution is 7.89. The largest absolute Gasteiger partial charge is 0.326 e. The number of sulfonamides is 1. The van der Waals surface area contributed by atoms with E-state index in [-0.39, 0.29) is 23.0 Å². The van der Waals surface area contributed by atoms with E-state index in [2.05, 4.69) is 5.32 Å². The van der Waals surface area contributed by atoms with Gasteiger partial charge in [-0.25, -0.2) is 17.9 Å². The molecule has 1 amide bonds. The van der Waals surface area contributed by atoms with Gasteiger partial charge in [0.2, 0.25) is 15.9 Å². The van der Waals surface area contributed by atoms with E-state index >= 15 is 0 Å². The molecule has 0 fully saturated rings. The molecule has 2 aromatic rings. The van der Waals surface area contributed by atoms with Gasteiger partial charge in [-0.1, -0.05) is 18.2 Å². The molecule has 0 spiro atoms. The molecule has 23 heavy (non-hydrogen) atoms. The first-order valence-electron chi connectivity index (χ1n) is 6.93. The van der Waals surface area contributed by atoms with E-state index in [9.17, 15) is 17.6 Å². The summed E-state index contributed by atoms with van der Waals surface area (Å²) in [6.45, 7) is 1.62. The van der Waals surface area contributed by atoms with Crippen molar-refractivity contribution in [1.29, 1.82) is 0 Å². The number of primary sulfonamides is 1. The quantitative estimate of drug-likeness (QED) is 0.878. The van der Waals surface area contributed by atoms with E-state index in [1.165, 1.54) is 18.2 Å². The van der Waals surface area contributed by atoms with Crippen molar-refractivity contribution in [2.45, 2.75) is 24.7 Å². The van der Waals surface area contributed by atoms with Crippen LogP contribution in [0.15, 0.2) is 47.4 Å². The molecular weight excluding hydrogens is 319 g/mol. The summed E-state index contributed by atoms with van der Waals surface area (Å²) in [4.78, 5) is 11.9. The Balaban J connectivity index is 2.01. The van der Waals surface area contributed by atoms with Crippen LogP contribution in [0.25, 0.3) is 0 Å². The summed E-state index contributed by atoms with van der Waals surface area (Å²) in [5.74, 6) is -0.591. The number of amides is 1. The Bertz CT molecular complexity index is 818. The monoisotopic (exact) mass is 336 g/mol. The van der Waals surface area contributed by atoms with Crippen molar-refractivity contribution in [3.05, 3.63) is 59.4 Å². The number of aryl methyl sites for hydroxylation is 2. The molecule has 0 aliphatic carbocycles. The fourth-order valence-corrected chi connectivity index (χ4v) is 2.92. The minimum atomic E-state index is -3.84. The fourth-order valence-electron chi connectivity index (χ4n) is 2.12. The number of rotatable bonds is 5. The van der Waals surface area contributed by atoms with Crippen molar-refractivity contribution in [1.82, 2.24) is 0 Å². The average molecular weight is 336 g/mol. The van der Waals surface area contributed by atoms with Crippen LogP contribution in [-0.2, 0) is 21.2 Å². The number of benzene rings is 2. The SMILES string of the molecule is Cc1ccc(NC(=O)CCc2ccc(F)cc2)cc1S(N)(=O)=O. The van der Waals surface area contributed by atoms with Gasteiger partial charge >= 0.3 is 0 Å². The molecule has 3 N–H and O–H groups in total. The van der Waals surface area contributed by atoms with Crippen molar-refractivity contribution < 1.29 is 17.6 Å². The van der Waals surface area contributed by atoms with E-state index in [1.54, 1.807) is 31.2 Å². The smallest absolute Gasteiger partial charge is 0.238 e. The lowest BCUT2D eigenvalue weighted by atomic mass is 10.1. The Morgan fingerprint density at radius 1 is 1.17 bits per heavy atom. The molecule has 0 bridgehead atoms. The molecule has 0 heterocycles. The average Bonchev–Trinajstić information content (AvgIpc) is 2.47. The summed E-state index contributed by atoms with van der Waals surface area (Å²) in [5.41, 5.74) is 1.72. The van der Waals surface area contributed by atoms with Crippen LogP contribution in [0.3, 0.4) is 0 Å². The van der Waals surface area contributed by atoms with Crippen LogP contribution in [0.4, 0.5) is 10.1 Å². The summed E-state index contributed by atoms with van der Waals surface area (Å²) in [6.07, 6.45) is 0.657. The summed E-state index contributed by atoms with van der Waals surface area (Å²) in [5, 5.41) is 7.76. The highest BCUT2D eigenvalue weighted by Gasteiger charge is 2.13. The fraction of sp³-hybridized carbons (Fsp3) is 0.188. The predicted molar refractivity (Wildman–Crippen MR) is 85.9 cm³/mol. The lowest BCUT2D eigenvalue weighted by Crippen LogP contribution is -2.16. The zero-order valence-electron chi connectivity index (χ0n) is 12.5. The normalized spacial score (nSPS) is 11.3. The number of nitrogens with one attached hydrogen (secondary N) is 1. The van der Waals surface area contributed by atoms with Crippen LogP contribution in [0, 0.1) is 12.7 Å². The third-order valence-electron chi connectivity index (χ3n) is 3.33. The van der Waals surface area contributed by atoms with Crippen LogP contribution in [0.5, 0.6) is 0 Å². The van der Waals surface area contributed by atoms with E-state index in [4.69, 9.17) is 5.14 Å². The van der Waals surface area contributed by atoms with E-state index < -0.39 is 10.0 Å². The summed E-state index contributed by atoms with van der Waals surface area (Å²) in [7, 11) is -3.84. The Morgan fingerprint density at radius 3 is 2.43 bits per heavy atom.